The Hall–Kier alpha value is -2.67. The van der Waals surface area contributed by atoms with Crippen molar-refractivity contribution in [3.8, 4) is 17.2 Å². The highest BCUT2D eigenvalue weighted by molar-refractivity contribution is 7.75. The number of fused-ring (bicyclic) bond motifs is 1. The van der Waals surface area contributed by atoms with Crippen molar-refractivity contribution in [3.05, 3.63) is 53.1 Å². The highest BCUT2D eigenvalue weighted by atomic mass is 32.1. The molecular weight excluding hydrogens is 354 g/mol. The van der Waals surface area contributed by atoms with Gasteiger partial charge in [0.05, 0.1) is 14.2 Å². The van der Waals surface area contributed by atoms with Crippen molar-refractivity contribution in [2.24, 2.45) is 4.99 Å². The predicted molar refractivity (Wildman–Crippen MR) is 101 cm³/mol. The Morgan fingerprint density at radius 2 is 1.96 bits per heavy atom. The topological polar surface area (TPSA) is 66.3 Å². The van der Waals surface area contributed by atoms with Gasteiger partial charge in [0.1, 0.15) is 5.75 Å². The number of aliphatic imine (C=N–C) groups is 1. The second kappa shape index (κ2) is 8.14. The fraction of sp³-hybridized carbons (Fsp3) is 0.263. The Labute approximate surface area is 157 Å². The van der Waals surface area contributed by atoms with Crippen LogP contribution >= 0.6 is 12.9 Å². The molecule has 0 fully saturated rings. The number of hydrogen-bond donors (Lipinski definition) is 1. The number of carbonyl (C=O) groups excluding carboxylic acids is 1. The second-order valence-corrected chi connectivity index (χ2v) is 5.89. The quantitative estimate of drug-likeness (QED) is 0.375. The molecule has 2 aromatic carbocycles. The van der Waals surface area contributed by atoms with Gasteiger partial charge in [-0.3, -0.25) is 4.99 Å². The molecule has 0 N–H and O–H groups in total. The average molecular weight is 373 g/mol. The summed E-state index contributed by atoms with van der Waals surface area (Å²) in [6.45, 7) is 0.737. The number of hydrogen-bond acceptors (Lipinski definition) is 7. The van der Waals surface area contributed by atoms with Crippen LogP contribution < -0.4 is 14.2 Å². The maximum absolute atomic E-state index is 11.4. The van der Waals surface area contributed by atoms with Gasteiger partial charge in [-0.05, 0) is 53.4 Å². The van der Waals surface area contributed by atoms with Crippen LogP contribution in [0.1, 0.15) is 16.7 Å². The third kappa shape index (κ3) is 3.94. The minimum Gasteiger partial charge on any atom is -0.497 e. The van der Waals surface area contributed by atoms with Crippen molar-refractivity contribution in [1.29, 1.82) is 0 Å². The highest BCUT2D eigenvalue weighted by Crippen LogP contribution is 2.30. The van der Waals surface area contributed by atoms with Crippen LogP contribution in [0.25, 0.3) is 0 Å². The SMILES string of the molecule is COc1ccc2c(c1)CCN=C2Cc1ccc(OC)c(OC(=O)OS)c1. The van der Waals surface area contributed by atoms with E-state index < -0.39 is 6.16 Å². The fourth-order valence-electron chi connectivity index (χ4n) is 2.95. The molecule has 1 aliphatic heterocycles. The predicted octanol–water partition coefficient (Wildman–Crippen LogP) is 3.65. The van der Waals surface area contributed by atoms with Crippen LogP contribution in [-0.2, 0) is 17.0 Å². The van der Waals surface area contributed by atoms with Gasteiger partial charge in [0.2, 0.25) is 0 Å². The van der Waals surface area contributed by atoms with Gasteiger partial charge in [-0.25, -0.2) is 4.79 Å². The minimum atomic E-state index is -0.920. The normalized spacial score (nSPS) is 12.7. The van der Waals surface area contributed by atoms with Crippen LogP contribution in [0.15, 0.2) is 41.4 Å². The first-order valence-corrected chi connectivity index (χ1v) is 8.42. The van der Waals surface area contributed by atoms with Gasteiger partial charge in [0.25, 0.3) is 0 Å². The molecule has 0 spiro atoms. The standard InChI is InChI=1S/C19H19NO5S/c1-22-14-4-5-15-13(11-14)7-8-20-16(15)9-12-3-6-17(23-2)18(10-12)24-19(21)25-26/h3-6,10-11,26H,7-9H2,1-2H3. The zero-order valence-corrected chi connectivity index (χ0v) is 15.4. The number of rotatable bonds is 5. The molecule has 1 heterocycles. The Morgan fingerprint density at radius 3 is 2.69 bits per heavy atom. The molecule has 0 aromatic heterocycles. The van der Waals surface area contributed by atoms with Crippen LogP contribution in [0.3, 0.4) is 0 Å². The summed E-state index contributed by atoms with van der Waals surface area (Å²) in [5.41, 5.74) is 4.26. The number of nitrogens with zero attached hydrogens (tertiary/aromatic N) is 1. The molecule has 0 saturated heterocycles. The maximum atomic E-state index is 11.4. The molecule has 0 saturated carbocycles. The van der Waals surface area contributed by atoms with Gasteiger partial charge < -0.3 is 18.4 Å². The molecular formula is C19H19NO5S. The molecule has 0 atom stereocenters. The third-order valence-electron chi connectivity index (χ3n) is 4.17. The average Bonchev–Trinajstić information content (AvgIpc) is 2.68. The Balaban J connectivity index is 1.86. The zero-order valence-electron chi connectivity index (χ0n) is 14.5. The smallest absolute Gasteiger partial charge is 0.497 e. The lowest BCUT2D eigenvalue weighted by molar-refractivity contribution is 0.159. The lowest BCUT2D eigenvalue weighted by Crippen LogP contribution is -2.15. The van der Waals surface area contributed by atoms with Crippen molar-refractivity contribution in [1.82, 2.24) is 0 Å². The first-order valence-electron chi connectivity index (χ1n) is 8.05. The van der Waals surface area contributed by atoms with E-state index in [1.165, 1.54) is 12.7 Å². The number of thiol groups is 1. The molecule has 3 rings (SSSR count). The third-order valence-corrected chi connectivity index (χ3v) is 4.32. The van der Waals surface area contributed by atoms with Gasteiger partial charge in [-0.1, -0.05) is 6.07 Å². The first-order chi connectivity index (χ1) is 12.6. The lowest BCUT2D eigenvalue weighted by Gasteiger charge is -2.18. The zero-order chi connectivity index (χ0) is 18.5. The molecule has 0 bridgehead atoms. The molecule has 7 heteroatoms. The molecule has 0 aliphatic carbocycles. The van der Waals surface area contributed by atoms with E-state index >= 15 is 0 Å². The van der Waals surface area contributed by atoms with E-state index in [0.717, 1.165) is 35.6 Å². The van der Waals surface area contributed by atoms with Gasteiger partial charge in [0.15, 0.2) is 11.5 Å². The summed E-state index contributed by atoms with van der Waals surface area (Å²) < 4.78 is 19.9. The van der Waals surface area contributed by atoms with Crippen LogP contribution in [0, 0.1) is 0 Å². The van der Waals surface area contributed by atoms with Crippen LogP contribution in [0.5, 0.6) is 17.2 Å². The molecule has 2 aromatic rings. The van der Waals surface area contributed by atoms with Crippen molar-refractivity contribution >= 4 is 24.8 Å². The summed E-state index contributed by atoms with van der Waals surface area (Å²) in [6.07, 6.45) is 0.576. The molecule has 0 radical (unpaired) electrons. The fourth-order valence-corrected chi connectivity index (χ4v) is 2.98. The van der Waals surface area contributed by atoms with Gasteiger partial charge >= 0.3 is 6.16 Å². The molecule has 0 amide bonds. The number of methoxy groups -OCH3 is 2. The Morgan fingerprint density at radius 1 is 1.12 bits per heavy atom. The van der Waals surface area contributed by atoms with Crippen molar-refractivity contribution < 1.29 is 23.2 Å². The van der Waals surface area contributed by atoms with E-state index in [2.05, 4.69) is 28.2 Å². The van der Waals surface area contributed by atoms with Crippen LogP contribution in [0.4, 0.5) is 4.79 Å². The second-order valence-electron chi connectivity index (χ2n) is 5.71. The largest absolute Gasteiger partial charge is 0.526 e. The Kier molecular flexibility index (Phi) is 5.68. The monoisotopic (exact) mass is 373 g/mol. The van der Waals surface area contributed by atoms with E-state index in [1.807, 2.05) is 18.2 Å². The van der Waals surface area contributed by atoms with E-state index in [0.29, 0.717) is 12.2 Å². The van der Waals surface area contributed by atoms with Gasteiger partial charge in [-0.15, -0.1) is 0 Å². The summed E-state index contributed by atoms with van der Waals surface area (Å²) >= 11 is 3.44. The van der Waals surface area contributed by atoms with Crippen molar-refractivity contribution in [3.63, 3.8) is 0 Å². The number of ether oxygens (including phenoxy) is 3. The highest BCUT2D eigenvalue weighted by Gasteiger charge is 2.17. The van der Waals surface area contributed by atoms with Crippen LogP contribution in [-0.4, -0.2) is 32.6 Å². The van der Waals surface area contributed by atoms with Crippen molar-refractivity contribution in [2.75, 3.05) is 20.8 Å². The molecule has 26 heavy (non-hydrogen) atoms. The number of benzene rings is 2. The van der Waals surface area contributed by atoms with Crippen LogP contribution in [0.2, 0.25) is 0 Å². The number of carbonyl (C=O) groups is 1. The van der Waals surface area contributed by atoms with E-state index in [-0.39, 0.29) is 5.75 Å². The molecule has 136 valence electrons. The van der Waals surface area contributed by atoms with Crippen molar-refractivity contribution in [2.45, 2.75) is 12.8 Å². The van der Waals surface area contributed by atoms with Gasteiger partial charge in [-0.2, -0.15) is 0 Å². The van der Waals surface area contributed by atoms with E-state index in [9.17, 15) is 4.79 Å². The van der Waals surface area contributed by atoms with E-state index in [1.54, 1.807) is 19.2 Å². The summed E-state index contributed by atoms with van der Waals surface area (Å²) in [5, 5.41) is 0. The summed E-state index contributed by atoms with van der Waals surface area (Å²) in [6, 6.07) is 11.4. The summed E-state index contributed by atoms with van der Waals surface area (Å²) in [7, 11) is 3.16. The Bertz CT molecular complexity index is 850. The lowest BCUT2D eigenvalue weighted by atomic mass is 9.93. The first kappa shape index (κ1) is 18.1. The summed E-state index contributed by atoms with van der Waals surface area (Å²) in [5.74, 6) is 1.55. The van der Waals surface area contributed by atoms with E-state index in [4.69, 9.17) is 14.2 Å². The maximum Gasteiger partial charge on any atom is 0.526 e. The molecule has 1 aliphatic rings. The molecule has 6 nitrogen and oxygen atoms in total. The minimum absolute atomic E-state index is 0.274. The molecule has 0 unspecified atom stereocenters. The summed E-state index contributed by atoms with van der Waals surface area (Å²) in [4.78, 5) is 16.0. The van der Waals surface area contributed by atoms with Gasteiger partial charge in [0, 0.05) is 31.6 Å².